The Labute approximate surface area is 169 Å². The standard InChI is InChI=1S/C23H26FN3O2/c1-5-26(6-2)11-12-27-18-10-8-16-17(13-25(4)23(16)29)20(18)21-19(27)9-7-15(14(3)28)22(21)24/h7-10H,5-6,11-13H2,1-4H3. The van der Waals surface area contributed by atoms with Crippen molar-refractivity contribution in [1.29, 1.82) is 0 Å². The van der Waals surface area contributed by atoms with Crippen LogP contribution in [0.2, 0.25) is 0 Å². The molecular formula is C23H26FN3O2. The highest BCUT2D eigenvalue weighted by molar-refractivity contribution is 6.16. The molecule has 1 amide bonds. The van der Waals surface area contributed by atoms with Crippen LogP contribution >= 0.6 is 0 Å². The van der Waals surface area contributed by atoms with Crippen LogP contribution < -0.4 is 0 Å². The lowest BCUT2D eigenvalue weighted by molar-refractivity contribution is 0.0816. The van der Waals surface area contributed by atoms with Gasteiger partial charge in [-0.25, -0.2) is 4.39 Å². The molecule has 29 heavy (non-hydrogen) atoms. The minimum atomic E-state index is -0.489. The molecule has 0 saturated carbocycles. The number of ketones is 1. The van der Waals surface area contributed by atoms with Crippen LogP contribution in [0.1, 0.15) is 47.1 Å². The number of Topliss-reactive ketones (excluding diaryl/α,β-unsaturated/α-hetero) is 1. The number of aromatic nitrogens is 1. The van der Waals surface area contributed by atoms with Crippen molar-refractivity contribution in [3.63, 3.8) is 0 Å². The molecular weight excluding hydrogens is 369 g/mol. The number of likely N-dealkylation sites (N-methyl/N-ethyl adjacent to an activating group) is 1. The van der Waals surface area contributed by atoms with Gasteiger partial charge in [-0.3, -0.25) is 9.59 Å². The number of nitrogens with zero attached hydrogens (tertiary/aromatic N) is 3. The molecule has 2 aromatic carbocycles. The van der Waals surface area contributed by atoms with Crippen molar-refractivity contribution in [2.24, 2.45) is 0 Å². The molecule has 1 aliphatic rings. The minimum absolute atomic E-state index is 0.0472. The average Bonchev–Trinajstić information content (AvgIpc) is 3.18. The normalized spacial score (nSPS) is 13.9. The largest absolute Gasteiger partial charge is 0.339 e. The SMILES string of the molecule is CCN(CC)CCn1c2ccc(C(C)=O)c(F)c2c2c3c(ccc21)C(=O)N(C)C3. The van der Waals surface area contributed by atoms with Crippen LogP contribution in [0.25, 0.3) is 21.8 Å². The number of carbonyl (C=O) groups excluding carboxylic acids is 2. The smallest absolute Gasteiger partial charge is 0.254 e. The van der Waals surface area contributed by atoms with Gasteiger partial charge in [0.05, 0.1) is 11.1 Å². The van der Waals surface area contributed by atoms with E-state index in [-0.39, 0.29) is 17.3 Å². The third kappa shape index (κ3) is 2.94. The molecule has 0 radical (unpaired) electrons. The zero-order valence-electron chi connectivity index (χ0n) is 17.4. The van der Waals surface area contributed by atoms with E-state index in [1.54, 1.807) is 18.0 Å². The van der Waals surface area contributed by atoms with Crippen LogP contribution in [0.15, 0.2) is 24.3 Å². The van der Waals surface area contributed by atoms with Gasteiger partial charge in [-0.05, 0) is 49.8 Å². The van der Waals surface area contributed by atoms with E-state index in [4.69, 9.17) is 0 Å². The van der Waals surface area contributed by atoms with E-state index in [1.165, 1.54) is 6.92 Å². The third-order valence-corrected chi connectivity index (χ3v) is 6.13. The van der Waals surface area contributed by atoms with E-state index in [0.717, 1.165) is 41.6 Å². The number of benzene rings is 2. The lowest BCUT2D eigenvalue weighted by atomic mass is 10.0. The van der Waals surface area contributed by atoms with E-state index >= 15 is 4.39 Å². The summed E-state index contributed by atoms with van der Waals surface area (Å²) in [6, 6.07) is 7.18. The monoisotopic (exact) mass is 395 g/mol. The Balaban J connectivity index is 2.03. The first-order chi connectivity index (χ1) is 13.9. The highest BCUT2D eigenvalue weighted by Gasteiger charge is 2.30. The second-order valence-electron chi connectivity index (χ2n) is 7.70. The van der Waals surface area contributed by atoms with E-state index in [0.29, 0.717) is 24.0 Å². The fourth-order valence-electron chi connectivity index (χ4n) is 4.47. The molecule has 0 aliphatic carbocycles. The maximum Gasteiger partial charge on any atom is 0.254 e. The first kappa shape index (κ1) is 19.6. The first-order valence-corrected chi connectivity index (χ1v) is 10.1. The van der Waals surface area contributed by atoms with Gasteiger partial charge in [0.15, 0.2) is 5.78 Å². The van der Waals surface area contributed by atoms with Crippen LogP contribution in [0, 0.1) is 5.82 Å². The van der Waals surface area contributed by atoms with Gasteiger partial charge in [0.25, 0.3) is 5.91 Å². The molecule has 3 aromatic rings. The van der Waals surface area contributed by atoms with Gasteiger partial charge < -0.3 is 14.4 Å². The van der Waals surface area contributed by atoms with Gasteiger partial charge in [0.2, 0.25) is 0 Å². The predicted octanol–water partition coefficient (Wildman–Crippen LogP) is 4.06. The molecule has 0 fully saturated rings. The molecule has 1 aliphatic heterocycles. The summed E-state index contributed by atoms with van der Waals surface area (Å²) in [6.45, 7) is 9.54. The molecule has 0 bridgehead atoms. The van der Waals surface area contributed by atoms with Crippen LogP contribution in [0.3, 0.4) is 0 Å². The number of hydrogen-bond donors (Lipinski definition) is 0. The number of halogens is 1. The Morgan fingerprint density at radius 2 is 1.76 bits per heavy atom. The Kier molecular flexibility index (Phi) is 4.90. The summed E-state index contributed by atoms with van der Waals surface area (Å²) in [5.41, 5.74) is 3.24. The molecule has 1 aromatic heterocycles. The van der Waals surface area contributed by atoms with Crippen LogP contribution in [-0.2, 0) is 13.1 Å². The molecule has 152 valence electrons. The Bertz CT molecular complexity index is 1140. The zero-order chi connectivity index (χ0) is 20.9. The van der Waals surface area contributed by atoms with Crippen molar-refractivity contribution in [2.75, 3.05) is 26.7 Å². The van der Waals surface area contributed by atoms with Crippen molar-refractivity contribution in [1.82, 2.24) is 14.4 Å². The second-order valence-corrected chi connectivity index (χ2v) is 7.70. The summed E-state index contributed by atoms with van der Waals surface area (Å²) in [7, 11) is 1.76. The fourth-order valence-corrected chi connectivity index (χ4v) is 4.47. The summed E-state index contributed by atoms with van der Waals surface area (Å²) >= 11 is 0. The van der Waals surface area contributed by atoms with Gasteiger partial charge in [-0.2, -0.15) is 0 Å². The highest BCUT2D eigenvalue weighted by Crippen LogP contribution is 2.38. The second kappa shape index (κ2) is 7.26. The molecule has 0 N–H and O–H groups in total. The fraction of sp³-hybridized carbons (Fsp3) is 0.391. The van der Waals surface area contributed by atoms with Crippen molar-refractivity contribution < 1.29 is 14.0 Å². The average molecular weight is 395 g/mol. The summed E-state index contributed by atoms with van der Waals surface area (Å²) in [6.07, 6.45) is 0. The predicted molar refractivity (Wildman–Crippen MR) is 113 cm³/mol. The number of fused-ring (bicyclic) bond motifs is 5. The number of rotatable bonds is 6. The van der Waals surface area contributed by atoms with Crippen molar-refractivity contribution in [3.8, 4) is 0 Å². The molecule has 0 atom stereocenters. The quantitative estimate of drug-likeness (QED) is 0.591. The van der Waals surface area contributed by atoms with Gasteiger partial charge >= 0.3 is 0 Å². The third-order valence-electron chi connectivity index (χ3n) is 6.13. The number of hydrogen-bond acceptors (Lipinski definition) is 3. The molecule has 5 nitrogen and oxygen atoms in total. The van der Waals surface area contributed by atoms with Gasteiger partial charge in [0.1, 0.15) is 5.82 Å². The van der Waals surface area contributed by atoms with E-state index in [1.807, 2.05) is 18.2 Å². The summed E-state index contributed by atoms with van der Waals surface area (Å²) in [5, 5.41) is 1.21. The lowest BCUT2D eigenvalue weighted by Crippen LogP contribution is -2.27. The van der Waals surface area contributed by atoms with Gasteiger partial charge in [0, 0.05) is 48.5 Å². The van der Waals surface area contributed by atoms with E-state index in [9.17, 15) is 9.59 Å². The molecule has 2 heterocycles. The van der Waals surface area contributed by atoms with Crippen LogP contribution in [0.5, 0.6) is 0 Å². The van der Waals surface area contributed by atoms with Crippen molar-refractivity contribution in [3.05, 3.63) is 46.8 Å². The Morgan fingerprint density at radius 3 is 2.41 bits per heavy atom. The molecule has 4 rings (SSSR count). The Hall–Kier alpha value is -2.73. The first-order valence-electron chi connectivity index (χ1n) is 10.1. The summed E-state index contributed by atoms with van der Waals surface area (Å²) < 4.78 is 17.6. The Morgan fingerprint density at radius 1 is 1.10 bits per heavy atom. The lowest BCUT2D eigenvalue weighted by Gasteiger charge is -2.19. The van der Waals surface area contributed by atoms with Gasteiger partial charge in [-0.15, -0.1) is 0 Å². The van der Waals surface area contributed by atoms with Crippen molar-refractivity contribution in [2.45, 2.75) is 33.9 Å². The number of carbonyl (C=O) groups is 2. The molecule has 0 unspecified atom stereocenters. The summed E-state index contributed by atoms with van der Waals surface area (Å²) in [4.78, 5) is 28.4. The van der Waals surface area contributed by atoms with Gasteiger partial charge in [-0.1, -0.05) is 13.8 Å². The maximum atomic E-state index is 15.5. The maximum absolute atomic E-state index is 15.5. The van der Waals surface area contributed by atoms with E-state index in [2.05, 4.69) is 23.3 Å². The molecule has 0 saturated heterocycles. The zero-order valence-corrected chi connectivity index (χ0v) is 17.4. The van der Waals surface area contributed by atoms with Crippen LogP contribution in [-0.4, -0.2) is 52.7 Å². The van der Waals surface area contributed by atoms with Crippen molar-refractivity contribution >= 4 is 33.5 Å². The highest BCUT2D eigenvalue weighted by atomic mass is 19.1. The summed E-state index contributed by atoms with van der Waals surface area (Å²) in [5.74, 6) is -0.833. The van der Waals surface area contributed by atoms with Crippen LogP contribution in [0.4, 0.5) is 4.39 Å². The minimum Gasteiger partial charge on any atom is -0.339 e. The topological polar surface area (TPSA) is 45.6 Å². The molecule has 0 spiro atoms. The van der Waals surface area contributed by atoms with E-state index < -0.39 is 5.82 Å². The molecule has 6 heteroatoms. The number of amides is 1.